The first-order valence-electron chi connectivity index (χ1n) is 35.0. The van der Waals surface area contributed by atoms with E-state index in [-0.39, 0.29) is 117 Å². The van der Waals surface area contributed by atoms with E-state index in [9.17, 15) is 61.0 Å². The van der Waals surface area contributed by atoms with Crippen LogP contribution in [-0.2, 0) is 90.1 Å². The highest BCUT2D eigenvalue weighted by Gasteiger charge is 2.49. The number of hydrogen-bond donors (Lipinski definition) is 11. The summed E-state index contributed by atoms with van der Waals surface area (Å²) in [6.45, 7) is 15.6. The average Bonchev–Trinajstić information content (AvgIpc) is 0.834. The van der Waals surface area contributed by atoms with Gasteiger partial charge >= 0.3 is 0 Å². The quantitative estimate of drug-likeness (QED) is 0.0289. The van der Waals surface area contributed by atoms with Crippen LogP contribution in [0.15, 0.2) is 12.7 Å². The maximum atomic E-state index is 12.7. The lowest BCUT2D eigenvalue weighted by Crippen LogP contribution is -2.59. The molecule has 0 aromatic rings. The number of unbranched alkanes of at least 4 members (excludes halogenated alkanes) is 9. The van der Waals surface area contributed by atoms with Gasteiger partial charge in [-0.1, -0.05) is 71.3 Å². The number of aliphatic hydroxyl groups excluding tert-OH is 11. The third-order valence-corrected chi connectivity index (χ3v) is 17.1. The van der Waals surface area contributed by atoms with Gasteiger partial charge in [-0.05, 0) is 53.4 Å². The number of carbonyl (C=O) groups is 1. The topological polar surface area (TPSA) is 406 Å². The van der Waals surface area contributed by atoms with E-state index in [1.54, 1.807) is 33.8 Å². The molecule has 30 nitrogen and oxygen atoms in total. The molecule has 4 aliphatic rings. The Morgan fingerprint density at radius 3 is 1.25 bits per heavy atom. The number of carbonyl (C=O) groups excluding carboxylic acids is 1. The molecule has 26 atom stereocenters. The molecule has 4 heterocycles. The van der Waals surface area contributed by atoms with E-state index in [2.05, 4.69) is 6.58 Å². The van der Waals surface area contributed by atoms with Crippen LogP contribution in [0.5, 0.6) is 0 Å². The van der Waals surface area contributed by atoms with E-state index >= 15 is 0 Å². The maximum absolute atomic E-state index is 12.7. The Balaban J connectivity index is 0.963. The summed E-state index contributed by atoms with van der Waals surface area (Å²) in [5.41, 5.74) is 0. The zero-order valence-electron chi connectivity index (χ0n) is 58.7. The highest BCUT2D eigenvalue weighted by Crippen LogP contribution is 2.31. The molecule has 4 aliphatic heterocycles. The molecular weight excluding hydrogens is 1280 g/mol. The lowest BCUT2D eigenvalue weighted by atomic mass is 9.96. The van der Waals surface area contributed by atoms with Crippen molar-refractivity contribution in [1.82, 2.24) is 0 Å². The minimum atomic E-state index is -1.67. The van der Waals surface area contributed by atoms with Crippen molar-refractivity contribution in [3.63, 3.8) is 0 Å². The SMILES string of the molecule is C=CCOCC(O)COC(C)COC1C(OC)OCC(OC2OC[C@@H](C)C(O)C2OCC(C)OCC(O)COCCCCCCCC(=O)C(O)C(O)C(O)CCCCCCCCOCC(O)COC(C)COC2C(OC)OCC(OC3OC[C@H](C)C(O)C3OCC(C)O)C2O)C1O. The fraction of sp³-hybridized carbons (Fsp3) is 0.955. The van der Waals surface area contributed by atoms with Gasteiger partial charge in [-0.15, -0.1) is 6.58 Å². The summed E-state index contributed by atoms with van der Waals surface area (Å²) < 4.78 is 104. The predicted octanol–water partition coefficient (Wildman–Crippen LogP) is 0.369. The second kappa shape index (κ2) is 49.8. The molecule has 4 fully saturated rings. The van der Waals surface area contributed by atoms with Gasteiger partial charge in [0.15, 0.2) is 30.9 Å². The molecule has 0 bridgehead atoms. The molecule has 4 rings (SSSR count). The molecule has 30 heteroatoms. The summed E-state index contributed by atoms with van der Waals surface area (Å²) >= 11 is 0. The standard InChI is InChI=1S/C67H124O30/c1-10-24-82-33-47(69)36-85-45(6)31-90-63-59(79)53(40-95-65(63)81-9)97-67-61(55(75)42(3)28-93-67)89-30-44(5)86-37-48(70)35-84-26-21-17-13-15-19-23-51(73)57(77)56(76)50(72)22-18-14-11-12-16-20-25-83-34-49(71)38-87-46(7)32-91-62-58(78)52(39-94-64(62)80-8)96-66-60(88-29-43(4)68)54(74)41(2)27-92-66/h10,41-50,52-72,74-79H,1,11-40H2,2-9H3/t41-,42+,43?,44?,45?,46?,47?,48?,49?,50?,52?,53?,54?,55?,56?,57?,58?,59?,60?,61?,62?,63?,64?,65?,66?,67?/m0/s1. The molecule has 0 radical (unpaired) electrons. The molecule has 97 heavy (non-hydrogen) atoms. The number of aliphatic hydroxyl groups is 11. The Bertz CT molecular complexity index is 1990. The Labute approximate surface area is 573 Å². The molecular formula is C67H124O30. The predicted molar refractivity (Wildman–Crippen MR) is 346 cm³/mol. The number of Topliss-reactive ketones (excluding diaryl/α,β-unsaturated/α-hetero) is 1. The van der Waals surface area contributed by atoms with E-state index < -0.39 is 153 Å². The fourth-order valence-electron chi connectivity index (χ4n) is 11.1. The lowest BCUT2D eigenvalue weighted by molar-refractivity contribution is -0.332. The van der Waals surface area contributed by atoms with E-state index in [4.69, 9.17) is 85.3 Å². The summed E-state index contributed by atoms with van der Waals surface area (Å²) in [5, 5.41) is 117. The zero-order chi connectivity index (χ0) is 71.2. The van der Waals surface area contributed by atoms with Crippen LogP contribution in [0.25, 0.3) is 0 Å². The van der Waals surface area contributed by atoms with E-state index in [1.165, 1.54) is 14.2 Å². The average molecular weight is 1410 g/mol. The smallest absolute Gasteiger partial charge is 0.186 e. The van der Waals surface area contributed by atoms with Crippen molar-refractivity contribution in [2.45, 2.75) is 272 Å². The summed E-state index contributed by atoms with van der Waals surface area (Å²) in [6.07, 6.45) is -12.9. The maximum Gasteiger partial charge on any atom is 0.186 e. The van der Waals surface area contributed by atoms with Crippen LogP contribution in [0.2, 0.25) is 0 Å². The Morgan fingerprint density at radius 1 is 0.464 bits per heavy atom. The van der Waals surface area contributed by atoms with Crippen LogP contribution >= 0.6 is 0 Å². The van der Waals surface area contributed by atoms with E-state index in [1.807, 2.05) is 13.8 Å². The number of methoxy groups -OCH3 is 2. The van der Waals surface area contributed by atoms with Crippen molar-refractivity contribution in [2.24, 2.45) is 11.8 Å². The van der Waals surface area contributed by atoms with Crippen LogP contribution in [0.1, 0.15) is 125 Å². The number of rotatable bonds is 55. The first-order chi connectivity index (χ1) is 46.5. The van der Waals surface area contributed by atoms with Crippen molar-refractivity contribution in [3.05, 3.63) is 12.7 Å². The highest BCUT2D eigenvalue weighted by molar-refractivity contribution is 5.83. The third-order valence-electron chi connectivity index (χ3n) is 17.1. The van der Waals surface area contributed by atoms with Gasteiger partial charge in [0.1, 0.15) is 79.4 Å². The number of ether oxygens (including phenoxy) is 18. The largest absolute Gasteiger partial charge is 0.391 e. The van der Waals surface area contributed by atoms with Gasteiger partial charge in [-0.25, -0.2) is 0 Å². The third kappa shape index (κ3) is 33.3. The van der Waals surface area contributed by atoms with E-state index in [0.717, 1.165) is 57.8 Å². The first kappa shape index (κ1) is 87.7. The normalized spacial score (nSPS) is 31.2. The number of ketones is 1. The Kier molecular flexibility index (Phi) is 45.0. The van der Waals surface area contributed by atoms with Gasteiger partial charge in [0.2, 0.25) is 0 Å². The molecule has 24 unspecified atom stereocenters. The molecule has 0 spiro atoms. The summed E-state index contributed by atoms with van der Waals surface area (Å²) in [7, 11) is 2.85. The number of hydrogen-bond acceptors (Lipinski definition) is 30. The second-order valence-corrected chi connectivity index (χ2v) is 26.4. The van der Waals surface area contributed by atoms with Crippen molar-refractivity contribution in [2.75, 3.05) is 127 Å². The first-order valence-corrected chi connectivity index (χ1v) is 35.0. The minimum absolute atomic E-state index is 0.00993. The van der Waals surface area contributed by atoms with Crippen LogP contribution in [0.4, 0.5) is 0 Å². The van der Waals surface area contributed by atoms with Gasteiger partial charge in [0.05, 0.1) is 142 Å². The van der Waals surface area contributed by atoms with Crippen LogP contribution in [0.3, 0.4) is 0 Å². The van der Waals surface area contributed by atoms with E-state index in [0.29, 0.717) is 32.7 Å². The lowest BCUT2D eigenvalue weighted by Gasteiger charge is -2.44. The zero-order valence-corrected chi connectivity index (χ0v) is 58.7. The molecule has 0 aromatic carbocycles. The van der Waals surface area contributed by atoms with Crippen molar-refractivity contribution in [3.8, 4) is 0 Å². The van der Waals surface area contributed by atoms with Gasteiger partial charge < -0.3 is 141 Å². The molecule has 0 amide bonds. The fourth-order valence-corrected chi connectivity index (χ4v) is 11.1. The van der Waals surface area contributed by atoms with Crippen molar-refractivity contribution in [1.29, 1.82) is 0 Å². The van der Waals surface area contributed by atoms with Gasteiger partial charge in [-0.2, -0.15) is 0 Å². The second-order valence-electron chi connectivity index (χ2n) is 26.4. The minimum Gasteiger partial charge on any atom is -0.391 e. The monoisotopic (exact) mass is 1410 g/mol. The Hall–Kier alpha value is -1.75. The van der Waals surface area contributed by atoms with Crippen LogP contribution in [0, 0.1) is 11.8 Å². The van der Waals surface area contributed by atoms with Gasteiger partial charge in [0, 0.05) is 45.7 Å². The van der Waals surface area contributed by atoms with Gasteiger partial charge in [0.25, 0.3) is 0 Å². The molecule has 572 valence electrons. The molecule has 11 N–H and O–H groups in total. The van der Waals surface area contributed by atoms with Crippen LogP contribution < -0.4 is 0 Å². The summed E-state index contributed by atoms with van der Waals surface area (Å²) in [5.74, 6) is -1.04. The van der Waals surface area contributed by atoms with Gasteiger partial charge in [-0.3, -0.25) is 4.79 Å². The summed E-state index contributed by atoms with van der Waals surface area (Å²) in [6, 6.07) is 0. The Morgan fingerprint density at radius 2 is 0.835 bits per heavy atom. The summed E-state index contributed by atoms with van der Waals surface area (Å²) in [4.78, 5) is 12.7. The molecule has 0 saturated carbocycles. The molecule has 4 saturated heterocycles. The van der Waals surface area contributed by atoms with Crippen LogP contribution in [-0.4, -0.2) is 336 Å². The van der Waals surface area contributed by atoms with Crippen molar-refractivity contribution < 1.29 is 146 Å². The van der Waals surface area contributed by atoms with Crippen molar-refractivity contribution >= 4 is 5.78 Å². The highest BCUT2D eigenvalue weighted by atomic mass is 16.8. The molecule has 0 aromatic heterocycles. The molecule has 0 aliphatic carbocycles.